The number of aliphatic hydroxyl groups excluding tert-OH is 1. The highest BCUT2D eigenvalue weighted by molar-refractivity contribution is 5.37. The van der Waals surface area contributed by atoms with Crippen molar-refractivity contribution in [1.29, 1.82) is 5.26 Å². The third kappa shape index (κ3) is 3.73. The molecule has 1 rings (SSSR count). The molecule has 4 heteroatoms. The summed E-state index contributed by atoms with van der Waals surface area (Å²) in [6.07, 6.45) is -1.78. The Morgan fingerprint density at radius 1 is 1.33 bits per heavy atom. The highest BCUT2D eigenvalue weighted by atomic mass is 16.5. The molecule has 0 fully saturated rings. The summed E-state index contributed by atoms with van der Waals surface area (Å²) in [6.45, 7) is 5.78. The third-order valence-corrected chi connectivity index (χ3v) is 2.65. The molecule has 0 aliphatic rings. The van der Waals surface area contributed by atoms with E-state index in [-0.39, 0.29) is 0 Å². The maximum atomic E-state index is 9.42. The number of ether oxygens (including phenoxy) is 2. The summed E-state index contributed by atoms with van der Waals surface area (Å²) >= 11 is 0. The number of benzene rings is 1. The van der Waals surface area contributed by atoms with Crippen LogP contribution >= 0.6 is 0 Å². The van der Waals surface area contributed by atoms with Crippen molar-refractivity contribution < 1.29 is 14.6 Å². The van der Waals surface area contributed by atoms with Gasteiger partial charge in [0.2, 0.25) is 0 Å². The Hall–Kier alpha value is -1.57. The molecule has 98 valence electrons. The van der Waals surface area contributed by atoms with Crippen molar-refractivity contribution in [2.75, 3.05) is 6.61 Å². The molecule has 4 nitrogen and oxygen atoms in total. The average Bonchev–Trinajstić information content (AvgIpc) is 2.37. The van der Waals surface area contributed by atoms with Gasteiger partial charge in [0.15, 0.2) is 6.10 Å². The second kappa shape index (κ2) is 7.00. The fourth-order valence-corrected chi connectivity index (χ4v) is 1.49. The van der Waals surface area contributed by atoms with Crippen molar-refractivity contribution in [1.82, 2.24) is 0 Å². The largest absolute Gasteiger partial charge is 0.493 e. The molecule has 1 N–H and O–H groups in total. The Labute approximate surface area is 108 Å². The average molecular weight is 249 g/mol. The van der Waals surface area contributed by atoms with Crippen LogP contribution in [-0.2, 0) is 4.74 Å². The van der Waals surface area contributed by atoms with E-state index in [2.05, 4.69) is 6.07 Å². The molecular weight excluding hydrogens is 230 g/mol. The normalized spacial score (nSPS) is 15.5. The molecule has 0 spiro atoms. The van der Waals surface area contributed by atoms with Crippen molar-refractivity contribution in [2.24, 2.45) is 0 Å². The minimum Gasteiger partial charge on any atom is -0.493 e. The smallest absolute Gasteiger partial charge is 0.173 e. The van der Waals surface area contributed by atoms with Gasteiger partial charge in [0.1, 0.15) is 5.75 Å². The molecule has 0 amide bonds. The minimum atomic E-state index is -0.739. The molecule has 1 aromatic rings. The molecule has 0 saturated carbocycles. The lowest BCUT2D eigenvalue weighted by Crippen LogP contribution is -2.24. The van der Waals surface area contributed by atoms with Crippen molar-refractivity contribution in [3.8, 4) is 11.8 Å². The van der Waals surface area contributed by atoms with Gasteiger partial charge >= 0.3 is 0 Å². The summed E-state index contributed by atoms with van der Waals surface area (Å²) in [5, 5.41) is 18.6. The molecule has 0 aromatic heterocycles. The minimum absolute atomic E-state index is 0.413. The second-order valence-electron chi connectivity index (χ2n) is 4.06. The first-order chi connectivity index (χ1) is 8.60. The van der Waals surface area contributed by atoms with E-state index < -0.39 is 18.3 Å². The zero-order valence-corrected chi connectivity index (χ0v) is 11.0. The van der Waals surface area contributed by atoms with Crippen LogP contribution in [0.25, 0.3) is 0 Å². The number of aliphatic hydroxyl groups is 1. The van der Waals surface area contributed by atoms with Crippen LogP contribution in [0.4, 0.5) is 0 Å². The fourth-order valence-electron chi connectivity index (χ4n) is 1.49. The molecule has 18 heavy (non-hydrogen) atoms. The molecule has 0 saturated heterocycles. The molecule has 0 aliphatic heterocycles. The Balaban J connectivity index is 2.92. The van der Waals surface area contributed by atoms with E-state index in [4.69, 9.17) is 9.47 Å². The molecule has 3 atom stereocenters. The van der Waals surface area contributed by atoms with Crippen LogP contribution in [0.2, 0.25) is 0 Å². The zero-order valence-electron chi connectivity index (χ0n) is 11.0. The predicted molar refractivity (Wildman–Crippen MR) is 68.2 cm³/mol. The molecule has 1 aromatic carbocycles. The van der Waals surface area contributed by atoms with Gasteiger partial charge in [-0.25, -0.2) is 0 Å². The topological polar surface area (TPSA) is 62.5 Å². The van der Waals surface area contributed by atoms with E-state index in [1.54, 1.807) is 26.0 Å². The number of nitriles is 1. The van der Waals surface area contributed by atoms with Crippen LogP contribution in [-0.4, -0.2) is 23.9 Å². The van der Waals surface area contributed by atoms with Gasteiger partial charge in [-0.2, -0.15) is 5.26 Å². The van der Waals surface area contributed by atoms with Crippen LogP contribution in [0, 0.1) is 11.3 Å². The summed E-state index contributed by atoms with van der Waals surface area (Å²) in [7, 11) is 0. The quantitative estimate of drug-likeness (QED) is 0.841. The summed E-state index contributed by atoms with van der Waals surface area (Å²) in [6, 6.07) is 9.37. The summed E-state index contributed by atoms with van der Waals surface area (Å²) in [5.74, 6) is 0.643. The summed E-state index contributed by atoms with van der Waals surface area (Å²) < 4.78 is 11.0. The summed E-state index contributed by atoms with van der Waals surface area (Å²) in [4.78, 5) is 0. The maximum absolute atomic E-state index is 9.42. The van der Waals surface area contributed by atoms with Gasteiger partial charge in [-0.3, -0.25) is 0 Å². The van der Waals surface area contributed by atoms with Gasteiger partial charge in [-0.15, -0.1) is 0 Å². The number of hydrogen-bond donors (Lipinski definition) is 1. The van der Waals surface area contributed by atoms with Gasteiger partial charge in [0.05, 0.1) is 24.9 Å². The Kier molecular flexibility index (Phi) is 5.63. The highest BCUT2D eigenvalue weighted by Crippen LogP contribution is 2.28. The van der Waals surface area contributed by atoms with Crippen molar-refractivity contribution >= 4 is 0 Å². The molecule has 0 bridgehead atoms. The first kappa shape index (κ1) is 14.5. The van der Waals surface area contributed by atoms with Gasteiger partial charge in [-0.1, -0.05) is 18.2 Å². The molecular formula is C14H19NO3. The van der Waals surface area contributed by atoms with Crippen LogP contribution in [0.1, 0.15) is 32.4 Å². The van der Waals surface area contributed by atoms with E-state index in [0.717, 1.165) is 0 Å². The molecule has 0 heterocycles. The van der Waals surface area contributed by atoms with E-state index in [0.29, 0.717) is 17.9 Å². The van der Waals surface area contributed by atoms with E-state index in [9.17, 15) is 10.4 Å². The van der Waals surface area contributed by atoms with Crippen LogP contribution in [0.5, 0.6) is 5.75 Å². The Bertz CT molecular complexity index is 412. The Morgan fingerprint density at radius 2 is 2.00 bits per heavy atom. The fraction of sp³-hybridized carbons (Fsp3) is 0.500. The first-order valence-corrected chi connectivity index (χ1v) is 6.05. The molecule has 3 unspecified atom stereocenters. The number of para-hydroxylation sites is 1. The monoisotopic (exact) mass is 249 g/mol. The Morgan fingerprint density at radius 3 is 2.56 bits per heavy atom. The summed E-state index contributed by atoms with van der Waals surface area (Å²) in [5.41, 5.74) is 0.689. The first-order valence-electron chi connectivity index (χ1n) is 6.05. The van der Waals surface area contributed by atoms with Crippen LogP contribution < -0.4 is 4.74 Å². The third-order valence-electron chi connectivity index (χ3n) is 2.65. The van der Waals surface area contributed by atoms with E-state index >= 15 is 0 Å². The predicted octanol–water partition coefficient (Wildman–Crippen LogP) is 2.44. The van der Waals surface area contributed by atoms with Crippen molar-refractivity contribution in [2.45, 2.75) is 39.1 Å². The van der Waals surface area contributed by atoms with Gasteiger partial charge < -0.3 is 14.6 Å². The van der Waals surface area contributed by atoms with Gasteiger partial charge in [0, 0.05) is 5.56 Å². The van der Waals surface area contributed by atoms with E-state index in [1.165, 1.54) is 0 Å². The van der Waals surface area contributed by atoms with Gasteiger partial charge in [-0.05, 0) is 26.8 Å². The molecule has 0 radical (unpaired) electrons. The zero-order chi connectivity index (χ0) is 13.5. The van der Waals surface area contributed by atoms with Gasteiger partial charge in [0.25, 0.3) is 0 Å². The number of nitrogens with zero attached hydrogens (tertiary/aromatic N) is 1. The van der Waals surface area contributed by atoms with E-state index in [1.807, 2.05) is 19.1 Å². The van der Waals surface area contributed by atoms with Crippen molar-refractivity contribution in [3.63, 3.8) is 0 Å². The maximum Gasteiger partial charge on any atom is 0.173 e. The van der Waals surface area contributed by atoms with Crippen LogP contribution in [0.3, 0.4) is 0 Å². The van der Waals surface area contributed by atoms with Crippen molar-refractivity contribution in [3.05, 3.63) is 29.8 Å². The number of rotatable bonds is 6. The second-order valence-corrected chi connectivity index (χ2v) is 4.06. The molecule has 0 aliphatic carbocycles. The highest BCUT2D eigenvalue weighted by Gasteiger charge is 2.21. The van der Waals surface area contributed by atoms with Crippen LogP contribution in [0.15, 0.2) is 24.3 Å². The standard InChI is InChI=1S/C14H19NO3/c1-4-17-13-8-6-5-7-12(13)14(9-15)18-11(3)10(2)16/h5-8,10-11,14,16H,4H2,1-3H3. The lowest BCUT2D eigenvalue weighted by atomic mass is 10.1. The lowest BCUT2D eigenvalue weighted by molar-refractivity contribution is -0.0432. The SMILES string of the molecule is CCOc1ccccc1C(C#N)OC(C)C(C)O. The lowest BCUT2D eigenvalue weighted by Gasteiger charge is -2.21. The number of hydrogen-bond acceptors (Lipinski definition) is 4.